The highest BCUT2D eigenvalue weighted by atomic mass is 16.5. The molecule has 1 amide bonds. The molecule has 1 aliphatic heterocycles. The molecule has 1 aromatic heterocycles. The fourth-order valence-corrected chi connectivity index (χ4v) is 3.41. The molecular formula is C22H23N3O4. The van der Waals surface area contributed by atoms with Crippen LogP contribution < -0.4 is 10.3 Å². The van der Waals surface area contributed by atoms with Crippen LogP contribution in [0.4, 0.5) is 0 Å². The van der Waals surface area contributed by atoms with Crippen molar-refractivity contribution in [2.45, 2.75) is 25.5 Å². The van der Waals surface area contributed by atoms with E-state index in [4.69, 9.17) is 9.47 Å². The summed E-state index contributed by atoms with van der Waals surface area (Å²) in [5.41, 5.74) is 0.910. The first-order valence-corrected chi connectivity index (χ1v) is 9.68. The third-order valence-corrected chi connectivity index (χ3v) is 4.94. The molecule has 1 atom stereocenters. The second-order valence-electron chi connectivity index (χ2n) is 7.16. The number of para-hydroxylation sites is 1. The van der Waals surface area contributed by atoms with Gasteiger partial charge in [-0.1, -0.05) is 18.2 Å². The third-order valence-electron chi connectivity index (χ3n) is 4.94. The van der Waals surface area contributed by atoms with E-state index >= 15 is 0 Å². The molecular weight excluding hydrogens is 370 g/mol. The molecule has 1 fully saturated rings. The first-order valence-electron chi connectivity index (χ1n) is 9.68. The summed E-state index contributed by atoms with van der Waals surface area (Å²) in [5, 5.41) is 0.529. The maximum absolute atomic E-state index is 12.8. The standard InChI is InChI=1S/C22H23N3O4/c1-25(13-20-23-19-10-3-2-9-18(19)21(26)24-20)22(27)15-6-4-7-16(12-15)29-14-17-8-5-11-28-17/h2-4,6-7,9-10,12,17H,5,8,11,13-14H2,1H3,(H,23,24,26)/t17-/m1/s1. The maximum Gasteiger partial charge on any atom is 0.258 e. The minimum Gasteiger partial charge on any atom is -0.491 e. The van der Waals surface area contributed by atoms with Crippen molar-refractivity contribution < 1.29 is 14.3 Å². The van der Waals surface area contributed by atoms with Crippen LogP contribution in [0.25, 0.3) is 10.9 Å². The van der Waals surface area contributed by atoms with Gasteiger partial charge in [0, 0.05) is 19.2 Å². The van der Waals surface area contributed by atoms with Gasteiger partial charge in [-0.25, -0.2) is 4.98 Å². The molecule has 4 rings (SSSR count). The van der Waals surface area contributed by atoms with Gasteiger partial charge in [0.2, 0.25) is 0 Å². The lowest BCUT2D eigenvalue weighted by Crippen LogP contribution is -2.28. The van der Waals surface area contributed by atoms with Crippen LogP contribution in [0.5, 0.6) is 5.75 Å². The SMILES string of the molecule is CN(Cc1nc2ccccc2c(=O)[nH]1)C(=O)c1cccc(OC[C@H]2CCCO2)c1. The predicted octanol–water partition coefficient (Wildman–Crippen LogP) is 2.75. The number of benzene rings is 2. The number of rotatable bonds is 6. The van der Waals surface area contributed by atoms with E-state index in [0.29, 0.717) is 34.6 Å². The minimum atomic E-state index is -0.212. The van der Waals surface area contributed by atoms with Crippen molar-refractivity contribution in [3.63, 3.8) is 0 Å². The zero-order valence-corrected chi connectivity index (χ0v) is 16.3. The molecule has 29 heavy (non-hydrogen) atoms. The van der Waals surface area contributed by atoms with E-state index in [1.807, 2.05) is 12.1 Å². The molecule has 7 nitrogen and oxygen atoms in total. The highest BCUT2D eigenvalue weighted by molar-refractivity contribution is 5.94. The Morgan fingerprint density at radius 1 is 1.28 bits per heavy atom. The molecule has 0 aliphatic carbocycles. The smallest absolute Gasteiger partial charge is 0.258 e. The van der Waals surface area contributed by atoms with Crippen LogP contribution in [-0.4, -0.2) is 47.1 Å². The molecule has 1 saturated heterocycles. The average molecular weight is 393 g/mol. The molecule has 0 unspecified atom stereocenters. The van der Waals surface area contributed by atoms with E-state index < -0.39 is 0 Å². The van der Waals surface area contributed by atoms with Crippen molar-refractivity contribution in [1.29, 1.82) is 0 Å². The molecule has 2 heterocycles. The Kier molecular flexibility index (Phi) is 5.57. The van der Waals surface area contributed by atoms with Crippen LogP contribution in [0.15, 0.2) is 53.3 Å². The number of nitrogens with zero attached hydrogens (tertiary/aromatic N) is 2. The number of hydrogen-bond donors (Lipinski definition) is 1. The highest BCUT2D eigenvalue weighted by Crippen LogP contribution is 2.18. The van der Waals surface area contributed by atoms with Gasteiger partial charge in [0.1, 0.15) is 18.2 Å². The summed E-state index contributed by atoms with van der Waals surface area (Å²) in [6, 6.07) is 14.2. The highest BCUT2D eigenvalue weighted by Gasteiger charge is 2.17. The first kappa shape index (κ1) is 19.1. The number of hydrogen-bond acceptors (Lipinski definition) is 5. The van der Waals surface area contributed by atoms with E-state index in [0.717, 1.165) is 19.4 Å². The average Bonchev–Trinajstić information content (AvgIpc) is 3.26. The van der Waals surface area contributed by atoms with Gasteiger partial charge in [0.15, 0.2) is 0 Å². The lowest BCUT2D eigenvalue weighted by Gasteiger charge is -2.17. The third kappa shape index (κ3) is 4.46. The van der Waals surface area contributed by atoms with Gasteiger partial charge in [0.25, 0.3) is 11.5 Å². The lowest BCUT2D eigenvalue weighted by molar-refractivity contribution is 0.0678. The number of aromatic nitrogens is 2. The molecule has 2 aromatic carbocycles. The van der Waals surface area contributed by atoms with Crippen molar-refractivity contribution in [1.82, 2.24) is 14.9 Å². The van der Waals surface area contributed by atoms with Crippen LogP contribution >= 0.6 is 0 Å². The number of ether oxygens (including phenoxy) is 2. The van der Waals surface area contributed by atoms with Gasteiger partial charge in [-0.15, -0.1) is 0 Å². The predicted molar refractivity (Wildman–Crippen MR) is 109 cm³/mol. The molecule has 0 radical (unpaired) electrons. The van der Waals surface area contributed by atoms with E-state index in [9.17, 15) is 9.59 Å². The van der Waals surface area contributed by atoms with Crippen molar-refractivity contribution in [2.75, 3.05) is 20.3 Å². The summed E-state index contributed by atoms with van der Waals surface area (Å²) in [4.78, 5) is 33.8. The zero-order valence-electron chi connectivity index (χ0n) is 16.3. The van der Waals surface area contributed by atoms with Crippen LogP contribution in [0.3, 0.4) is 0 Å². The number of aromatic amines is 1. The summed E-state index contributed by atoms with van der Waals surface area (Å²) >= 11 is 0. The Morgan fingerprint density at radius 3 is 2.97 bits per heavy atom. The summed E-state index contributed by atoms with van der Waals surface area (Å²) < 4.78 is 11.3. The second kappa shape index (κ2) is 8.45. The summed E-state index contributed by atoms with van der Waals surface area (Å²) in [6.45, 7) is 1.46. The molecule has 1 aliphatic rings. The lowest BCUT2D eigenvalue weighted by atomic mass is 10.2. The van der Waals surface area contributed by atoms with Gasteiger partial charge >= 0.3 is 0 Å². The Morgan fingerprint density at radius 2 is 2.14 bits per heavy atom. The van der Waals surface area contributed by atoms with Crippen LogP contribution in [-0.2, 0) is 11.3 Å². The number of carbonyl (C=O) groups excluding carboxylic acids is 1. The molecule has 3 aromatic rings. The van der Waals surface area contributed by atoms with E-state index in [1.54, 1.807) is 43.4 Å². The summed E-state index contributed by atoms with van der Waals surface area (Å²) in [6.07, 6.45) is 2.17. The normalized spacial score (nSPS) is 16.1. The molecule has 7 heteroatoms. The van der Waals surface area contributed by atoms with E-state index in [-0.39, 0.29) is 24.1 Å². The summed E-state index contributed by atoms with van der Waals surface area (Å²) in [5.74, 6) is 0.899. The maximum atomic E-state index is 12.8. The fraction of sp³-hybridized carbons (Fsp3) is 0.318. The largest absolute Gasteiger partial charge is 0.491 e. The second-order valence-corrected chi connectivity index (χ2v) is 7.16. The topological polar surface area (TPSA) is 84.5 Å². The number of nitrogens with one attached hydrogen (secondary N) is 1. The minimum absolute atomic E-state index is 0.118. The van der Waals surface area contributed by atoms with Gasteiger partial charge in [-0.3, -0.25) is 9.59 Å². The number of fused-ring (bicyclic) bond motifs is 1. The molecule has 0 saturated carbocycles. The first-order chi connectivity index (χ1) is 14.1. The van der Waals surface area contributed by atoms with Crippen molar-refractivity contribution in [3.05, 3.63) is 70.3 Å². The van der Waals surface area contributed by atoms with E-state index in [2.05, 4.69) is 9.97 Å². The monoisotopic (exact) mass is 393 g/mol. The van der Waals surface area contributed by atoms with Gasteiger partial charge in [0.05, 0.1) is 23.6 Å². The Bertz CT molecular complexity index is 1070. The van der Waals surface area contributed by atoms with E-state index in [1.165, 1.54) is 4.90 Å². The summed E-state index contributed by atoms with van der Waals surface area (Å²) in [7, 11) is 1.68. The van der Waals surface area contributed by atoms with Crippen molar-refractivity contribution >= 4 is 16.8 Å². The molecule has 0 bridgehead atoms. The van der Waals surface area contributed by atoms with Gasteiger partial charge in [-0.05, 0) is 43.2 Å². The van der Waals surface area contributed by atoms with Crippen LogP contribution in [0.1, 0.15) is 29.0 Å². The van der Waals surface area contributed by atoms with Gasteiger partial charge < -0.3 is 19.4 Å². The van der Waals surface area contributed by atoms with Gasteiger partial charge in [-0.2, -0.15) is 0 Å². The Balaban J connectivity index is 1.45. The molecule has 0 spiro atoms. The number of carbonyl (C=O) groups is 1. The number of amides is 1. The quantitative estimate of drug-likeness (QED) is 0.696. The number of H-pyrrole nitrogens is 1. The fourth-order valence-electron chi connectivity index (χ4n) is 3.41. The van der Waals surface area contributed by atoms with Crippen LogP contribution in [0, 0.1) is 0 Å². The molecule has 1 N–H and O–H groups in total. The van der Waals surface area contributed by atoms with Crippen molar-refractivity contribution in [2.24, 2.45) is 0 Å². The Labute approximate surface area is 168 Å². The molecule has 150 valence electrons. The Hall–Kier alpha value is -3.19. The van der Waals surface area contributed by atoms with Crippen molar-refractivity contribution in [3.8, 4) is 5.75 Å². The zero-order chi connectivity index (χ0) is 20.2. The van der Waals surface area contributed by atoms with Crippen LogP contribution in [0.2, 0.25) is 0 Å².